The number of hydrogen-bond donors (Lipinski definition) is 2. The third kappa shape index (κ3) is 7.62. The third-order valence-corrected chi connectivity index (χ3v) is 4.67. The Morgan fingerprint density at radius 3 is 2.00 bits per heavy atom. The second kappa shape index (κ2) is 11.1. The maximum absolute atomic E-state index is 11.9. The van der Waals surface area contributed by atoms with E-state index in [0.29, 0.717) is 12.2 Å². The van der Waals surface area contributed by atoms with Crippen molar-refractivity contribution in [2.24, 2.45) is 0 Å². The number of anilines is 1. The molecule has 0 radical (unpaired) electrons. The molecule has 0 aromatic heterocycles. The Kier molecular flexibility index (Phi) is 8.51. The fourth-order valence-electron chi connectivity index (χ4n) is 2.30. The van der Waals surface area contributed by atoms with E-state index in [-0.39, 0.29) is 23.3 Å². The molecule has 2 rings (SSSR count). The SMILES string of the molecule is COc1ccc(CCNC(=O)CSCC(=O)Nc2ccc(OC)cc2)cc1. The lowest BCUT2D eigenvalue weighted by atomic mass is 10.1. The zero-order valence-corrected chi connectivity index (χ0v) is 16.3. The fraction of sp³-hybridized carbons (Fsp3) is 0.300. The van der Waals surface area contributed by atoms with Crippen LogP contribution in [-0.2, 0) is 16.0 Å². The number of hydrogen-bond acceptors (Lipinski definition) is 5. The minimum Gasteiger partial charge on any atom is -0.497 e. The molecule has 0 saturated heterocycles. The zero-order valence-electron chi connectivity index (χ0n) is 15.5. The Morgan fingerprint density at radius 2 is 1.41 bits per heavy atom. The van der Waals surface area contributed by atoms with Gasteiger partial charge in [0.05, 0.1) is 25.7 Å². The Bertz CT molecular complexity index is 733. The normalized spacial score (nSPS) is 10.1. The summed E-state index contributed by atoms with van der Waals surface area (Å²) in [6, 6.07) is 14.8. The van der Waals surface area contributed by atoms with Gasteiger partial charge >= 0.3 is 0 Å². The van der Waals surface area contributed by atoms with E-state index in [1.54, 1.807) is 38.5 Å². The molecule has 0 fully saturated rings. The van der Waals surface area contributed by atoms with Crippen LogP contribution in [0.1, 0.15) is 5.56 Å². The maximum Gasteiger partial charge on any atom is 0.234 e. The Hall–Kier alpha value is -2.67. The van der Waals surface area contributed by atoms with E-state index in [1.165, 1.54) is 11.8 Å². The highest BCUT2D eigenvalue weighted by Crippen LogP contribution is 2.15. The lowest BCUT2D eigenvalue weighted by molar-refractivity contribution is -0.118. The molecule has 27 heavy (non-hydrogen) atoms. The van der Waals surface area contributed by atoms with Gasteiger partial charge in [-0.15, -0.1) is 11.8 Å². The maximum atomic E-state index is 11.9. The van der Waals surface area contributed by atoms with Crippen LogP contribution < -0.4 is 20.1 Å². The summed E-state index contributed by atoms with van der Waals surface area (Å²) in [6.45, 7) is 0.559. The Balaban J connectivity index is 1.59. The van der Waals surface area contributed by atoms with Crippen LogP contribution in [0.4, 0.5) is 5.69 Å². The van der Waals surface area contributed by atoms with E-state index in [4.69, 9.17) is 9.47 Å². The van der Waals surface area contributed by atoms with Crippen LogP contribution in [0.15, 0.2) is 48.5 Å². The number of rotatable bonds is 10. The number of nitrogens with one attached hydrogen (secondary N) is 2. The molecule has 0 aliphatic rings. The summed E-state index contributed by atoms with van der Waals surface area (Å²) in [5.74, 6) is 1.79. The van der Waals surface area contributed by atoms with Crippen molar-refractivity contribution < 1.29 is 19.1 Å². The van der Waals surface area contributed by atoms with Gasteiger partial charge in [0.2, 0.25) is 11.8 Å². The highest BCUT2D eigenvalue weighted by Gasteiger charge is 2.06. The van der Waals surface area contributed by atoms with Crippen LogP contribution in [0.5, 0.6) is 11.5 Å². The first-order valence-corrected chi connectivity index (χ1v) is 9.67. The molecule has 0 unspecified atom stereocenters. The van der Waals surface area contributed by atoms with E-state index in [9.17, 15) is 9.59 Å². The lowest BCUT2D eigenvalue weighted by Gasteiger charge is -2.07. The molecule has 0 saturated carbocycles. The lowest BCUT2D eigenvalue weighted by Crippen LogP contribution is -2.28. The number of benzene rings is 2. The van der Waals surface area contributed by atoms with Crippen molar-refractivity contribution in [2.45, 2.75) is 6.42 Å². The van der Waals surface area contributed by atoms with E-state index in [2.05, 4.69) is 10.6 Å². The van der Waals surface area contributed by atoms with Gasteiger partial charge in [0.1, 0.15) is 11.5 Å². The summed E-state index contributed by atoms with van der Waals surface area (Å²) in [4.78, 5) is 23.7. The summed E-state index contributed by atoms with van der Waals surface area (Å²) in [5, 5.41) is 5.64. The highest BCUT2D eigenvalue weighted by atomic mass is 32.2. The predicted molar refractivity (Wildman–Crippen MR) is 109 cm³/mol. The average Bonchev–Trinajstić information content (AvgIpc) is 2.69. The molecule has 2 N–H and O–H groups in total. The first-order chi connectivity index (χ1) is 13.1. The summed E-state index contributed by atoms with van der Waals surface area (Å²) >= 11 is 1.28. The van der Waals surface area contributed by atoms with Crippen molar-refractivity contribution >= 4 is 29.3 Å². The smallest absolute Gasteiger partial charge is 0.234 e. The molecule has 144 valence electrons. The molecule has 0 atom stereocenters. The van der Waals surface area contributed by atoms with Gasteiger partial charge in [0.15, 0.2) is 0 Å². The standard InChI is InChI=1S/C20H24N2O4S/c1-25-17-7-3-15(4-8-17)11-12-21-19(23)13-27-14-20(24)22-16-5-9-18(26-2)10-6-16/h3-10H,11-14H2,1-2H3,(H,21,23)(H,22,24). The molecule has 2 amide bonds. The monoisotopic (exact) mass is 388 g/mol. The van der Waals surface area contributed by atoms with E-state index in [1.807, 2.05) is 24.3 Å². The molecular weight excluding hydrogens is 364 g/mol. The molecule has 6 nitrogen and oxygen atoms in total. The van der Waals surface area contributed by atoms with Crippen LogP contribution >= 0.6 is 11.8 Å². The molecular formula is C20H24N2O4S. The second-order valence-electron chi connectivity index (χ2n) is 5.72. The zero-order chi connectivity index (χ0) is 19.5. The average molecular weight is 388 g/mol. The van der Waals surface area contributed by atoms with Crippen LogP contribution in [0.25, 0.3) is 0 Å². The first-order valence-electron chi connectivity index (χ1n) is 8.52. The molecule has 0 heterocycles. The van der Waals surface area contributed by atoms with Crippen LogP contribution in [0.2, 0.25) is 0 Å². The minimum absolute atomic E-state index is 0.0780. The van der Waals surface area contributed by atoms with Gasteiger partial charge in [-0.25, -0.2) is 0 Å². The Labute approximate surface area is 163 Å². The number of methoxy groups -OCH3 is 2. The van der Waals surface area contributed by atoms with Crippen molar-refractivity contribution in [1.82, 2.24) is 5.32 Å². The fourth-order valence-corrected chi connectivity index (χ4v) is 2.94. The first kappa shape index (κ1) is 20.6. The number of ether oxygens (including phenoxy) is 2. The minimum atomic E-state index is -0.142. The topological polar surface area (TPSA) is 76.7 Å². The van der Waals surface area contributed by atoms with Crippen molar-refractivity contribution in [3.8, 4) is 11.5 Å². The molecule has 2 aromatic rings. The van der Waals surface area contributed by atoms with Gasteiger partial charge in [-0.1, -0.05) is 12.1 Å². The van der Waals surface area contributed by atoms with Gasteiger partial charge in [0.25, 0.3) is 0 Å². The predicted octanol–water partition coefficient (Wildman–Crippen LogP) is 2.73. The third-order valence-electron chi connectivity index (χ3n) is 3.73. The van der Waals surface area contributed by atoms with Gasteiger partial charge in [0, 0.05) is 12.2 Å². The molecule has 2 aromatic carbocycles. The van der Waals surface area contributed by atoms with E-state index in [0.717, 1.165) is 23.5 Å². The number of amides is 2. The summed E-state index contributed by atoms with van der Waals surface area (Å²) in [5.41, 5.74) is 1.83. The largest absolute Gasteiger partial charge is 0.497 e. The quantitative estimate of drug-likeness (QED) is 0.654. The van der Waals surface area contributed by atoms with Crippen molar-refractivity contribution in [3.05, 3.63) is 54.1 Å². The van der Waals surface area contributed by atoms with Gasteiger partial charge in [-0.05, 0) is 48.4 Å². The van der Waals surface area contributed by atoms with Crippen molar-refractivity contribution in [1.29, 1.82) is 0 Å². The van der Waals surface area contributed by atoms with E-state index < -0.39 is 0 Å². The number of thioether (sulfide) groups is 1. The number of carbonyl (C=O) groups excluding carboxylic acids is 2. The summed E-state index contributed by atoms with van der Waals surface area (Å²) < 4.78 is 10.2. The van der Waals surface area contributed by atoms with Gasteiger partial charge < -0.3 is 20.1 Å². The molecule has 7 heteroatoms. The van der Waals surface area contributed by atoms with Crippen LogP contribution in [0.3, 0.4) is 0 Å². The highest BCUT2D eigenvalue weighted by molar-refractivity contribution is 8.00. The second-order valence-corrected chi connectivity index (χ2v) is 6.70. The molecule has 0 aliphatic heterocycles. The Morgan fingerprint density at radius 1 is 0.852 bits per heavy atom. The summed E-state index contributed by atoms with van der Waals surface area (Å²) in [7, 11) is 3.22. The molecule has 0 spiro atoms. The molecule has 0 aliphatic carbocycles. The van der Waals surface area contributed by atoms with Crippen LogP contribution in [-0.4, -0.2) is 44.1 Å². The van der Waals surface area contributed by atoms with E-state index >= 15 is 0 Å². The summed E-state index contributed by atoms with van der Waals surface area (Å²) in [6.07, 6.45) is 0.748. The molecule has 0 bridgehead atoms. The van der Waals surface area contributed by atoms with Crippen LogP contribution in [0, 0.1) is 0 Å². The number of carbonyl (C=O) groups is 2. The van der Waals surface area contributed by atoms with Gasteiger partial charge in [-0.2, -0.15) is 0 Å². The van der Waals surface area contributed by atoms with Gasteiger partial charge in [-0.3, -0.25) is 9.59 Å². The van der Waals surface area contributed by atoms with Crippen molar-refractivity contribution in [2.75, 3.05) is 37.6 Å². The van der Waals surface area contributed by atoms with Crippen molar-refractivity contribution in [3.63, 3.8) is 0 Å².